The Hall–Kier alpha value is -3.76. The first-order valence-corrected chi connectivity index (χ1v) is 13.8. The summed E-state index contributed by atoms with van der Waals surface area (Å²) in [5, 5.41) is 10.2. The largest absolute Gasteiger partial charge is 0.489 e. The molecule has 1 N–H and O–H groups in total. The SMILES string of the molecule is C=CCOC(=O)N1CC(CC(=O)CO)(CS(=O)(=O)c2ccc(OCc3cc(C)nc4ccccc34)cc2)C1. The maximum atomic E-state index is 13.3. The lowest BCUT2D eigenvalue weighted by Gasteiger charge is -2.48. The van der Waals surface area contributed by atoms with Crippen LogP contribution in [-0.4, -0.2) is 67.3 Å². The number of para-hydroxylation sites is 1. The fraction of sp³-hybridized carbons (Fsp3) is 0.321. The van der Waals surface area contributed by atoms with Crippen LogP contribution in [-0.2, 0) is 26.0 Å². The van der Waals surface area contributed by atoms with Gasteiger partial charge in [0.05, 0.1) is 16.2 Å². The van der Waals surface area contributed by atoms with Gasteiger partial charge in [0.1, 0.15) is 25.6 Å². The molecule has 9 nitrogen and oxygen atoms in total. The summed E-state index contributed by atoms with van der Waals surface area (Å²) in [6.07, 6.45) is 0.667. The molecule has 3 aromatic rings. The van der Waals surface area contributed by atoms with E-state index in [0.29, 0.717) is 12.4 Å². The number of Topliss-reactive ketones (excluding diaryl/α,β-unsaturated/α-hetero) is 1. The van der Waals surface area contributed by atoms with Crippen molar-refractivity contribution in [1.29, 1.82) is 0 Å². The van der Waals surface area contributed by atoms with E-state index in [9.17, 15) is 23.1 Å². The number of sulfone groups is 1. The second-order valence-corrected chi connectivity index (χ2v) is 11.5. The number of ketones is 1. The number of aliphatic hydroxyl groups is 1. The molecule has 0 radical (unpaired) electrons. The van der Waals surface area contributed by atoms with Crippen molar-refractivity contribution in [2.24, 2.45) is 5.41 Å². The van der Waals surface area contributed by atoms with E-state index in [4.69, 9.17) is 9.47 Å². The summed E-state index contributed by atoms with van der Waals surface area (Å²) >= 11 is 0. The van der Waals surface area contributed by atoms with Crippen LogP contribution in [0.15, 0.2) is 72.1 Å². The van der Waals surface area contributed by atoms with E-state index in [1.807, 2.05) is 37.3 Å². The highest BCUT2D eigenvalue weighted by atomic mass is 32.2. The summed E-state index contributed by atoms with van der Waals surface area (Å²) in [5.41, 5.74) is 1.73. The molecule has 0 atom stereocenters. The van der Waals surface area contributed by atoms with Gasteiger partial charge in [-0.3, -0.25) is 9.78 Å². The zero-order chi connectivity index (χ0) is 27.3. The minimum Gasteiger partial charge on any atom is -0.489 e. The predicted octanol–water partition coefficient (Wildman–Crippen LogP) is 3.47. The molecule has 0 bridgehead atoms. The Morgan fingerprint density at radius 2 is 1.87 bits per heavy atom. The molecule has 0 aliphatic carbocycles. The lowest BCUT2D eigenvalue weighted by atomic mass is 9.77. The lowest BCUT2D eigenvalue weighted by molar-refractivity contribution is -0.126. The topological polar surface area (TPSA) is 123 Å². The standard InChI is InChI=1S/C28H30N2O7S/c1-3-12-36-27(33)30-17-28(18-30,14-22(32)15-31)19-38(34,35)24-10-8-23(9-11-24)37-16-21-13-20(2)29-26-7-5-4-6-25(21)26/h3-11,13,31H,1,12,14-19H2,2H3. The van der Waals surface area contributed by atoms with Crippen molar-refractivity contribution in [2.75, 3.05) is 32.1 Å². The zero-order valence-electron chi connectivity index (χ0n) is 21.1. The smallest absolute Gasteiger partial charge is 0.410 e. The quantitative estimate of drug-likeness (QED) is 0.368. The van der Waals surface area contributed by atoms with Crippen molar-refractivity contribution in [3.8, 4) is 5.75 Å². The van der Waals surface area contributed by atoms with Crippen LogP contribution in [0.5, 0.6) is 5.75 Å². The third-order valence-electron chi connectivity index (χ3n) is 6.39. The normalized spacial score (nSPS) is 14.5. The van der Waals surface area contributed by atoms with Gasteiger partial charge < -0.3 is 19.5 Å². The molecule has 0 unspecified atom stereocenters. The van der Waals surface area contributed by atoms with Gasteiger partial charge >= 0.3 is 6.09 Å². The summed E-state index contributed by atoms with van der Waals surface area (Å²) in [5.74, 6) is -0.325. The van der Waals surface area contributed by atoms with Gasteiger partial charge in [-0.15, -0.1) is 0 Å². The van der Waals surface area contributed by atoms with Crippen molar-refractivity contribution in [3.05, 3.63) is 78.5 Å². The summed E-state index contributed by atoms with van der Waals surface area (Å²) in [4.78, 5) is 30.1. The van der Waals surface area contributed by atoms with Gasteiger partial charge in [0, 0.05) is 41.6 Å². The molecule has 1 fully saturated rings. The van der Waals surface area contributed by atoms with E-state index >= 15 is 0 Å². The number of carbonyl (C=O) groups is 2. The highest BCUT2D eigenvalue weighted by molar-refractivity contribution is 7.91. The number of aromatic nitrogens is 1. The number of rotatable bonds is 11. The molecule has 0 saturated carbocycles. The van der Waals surface area contributed by atoms with Gasteiger partial charge in [-0.25, -0.2) is 13.2 Å². The van der Waals surface area contributed by atoms with Crippen molar-refractivity contribution in [3.63, 3.8) is 0 Å². The van der Waals surface area contributed by atoms with Gasteiger partial charge in [-0.05, 0) is 43.3 Å². The number of carbonyl (C=O) groups excluding carboxylic acids is 2. The van der Waals surface area contributed by atoms with Crippen molar-refractivity contribution in [1.82, 2.24) is 9.88 Å². The summed E-state index contributed by atoms with van der Waals surface area (Å²) < 4.78 is 37.5. The van der Waals surface area contributed by atoms with Gasteiger partial charge in [-0.2, -0.15) is 0 Å². The number of aliphatic hydroxyl groups excluding tert-OH is 1. The molecule has 1 aliphatic rings. The average Bonchev–Trinajstić information content (AvgIpc) is 2.88. The average molecular weight is 539 g/mol. The van der Waals surface area contributed by atoms with Crippen LogP contribution in [0.2, 0.25) is 0 Å². The number of likely N-dealkylation sites (tertiary alicyclic amines) is 1. The Morgan fingerprint density at radius 3 is 2.55 bits per heavy atom. The number of ether oxygens (including phenoxy) is 2. The number of fused-ring (bicyclic) bond motifs is 1. The van der Waals surface area contributed by atoms with Crippen molar-refractivity contribution in [2.45, 2.75) is 24.8 Å². The third kappa shape index (κ3) is 6.20. The van der Waals surface area contributed by atoms with E-state index in [2.05, 4.69) is 11.6 Å². The summed E-state index contributed by atoms with van der Waals surface area (Å²) in [6.45, 7) is 5.11. The third-order valence-corrected chi connectivity index (χ3v) is 8.37. The first-order valence-electron chi connectivity index (χ1n) is 12.1. The summed E-state index contributed by atoms with van der Waals surface area (Å²) in [6, 6.07) is 15.9. The molecule has 1 amide bonds. The number of amides is 1. The van der Waals surface area contributed by atoms with Crippen LogP contribution in [0.1, 0.15) is 17.7 Å². The molecule has 0 spiro atoms. The number of benzene rings is 2. The maximum absolute atomic E-state index is 13.3. The minimum absolute atomic E-state index is 0.0294. The molecular formula is C28H30N2O7S. The Morgan fingerprint density at radius 1 is 1.16 bits per heavy atom. The number of aryl methyl sites for hydroxylation is 1. The first kappa shape index (κ1) is 27.3. The van der Waals surface area contributed by atoms with Crippen molar-refractivity contribution < 1.29 is 32.6 Å². The van der Waals surface area contributed by atoms with E-state index in [1.165, 1.54) is 23.1 Å². The lowest BCUT2D eigenvalue weighted by Crippen LogP contribution is -2.62. The van der Waals surface area contributed by atoms with E-state index in [0.717, 1.165) is 22.2 Å². The van der Waals surface area contributed by atoms with Crippen LogP contribution < -0.4 is 4.74 Å². The maximum Gasteiger partial charge on any atom is 0.410 e. The van der Waals surface area contributed by atoms with Crippen LogP contribution in [0.4, 0.5) is 4.79 Å². The molecule has 1 aromatic heterocycles. The fourth-order valence-electron chi connectivity index (χ4n) is 4.75. The van der Waals surface area contributed by atoms with E-state index < -0.39 is 33.7 Å². The first-order chi connectivity index (χ1) is 18.1. The number of hydrogen-bond donors (Lipinski definition) is 1. The second kappa shape index (κ2) is 11.3. The number of pyridine rings is 1. The van der Waals surface area contributed by atoms with E-state index in [1.54, 1.807) is 12.1 Å². The molecule has 10 heteroatoms. The summed E-state index contributed by atoms with van der Waals surface area (Å²) in [7, 11) is -3.81. The van der Waals surface area contributed by atoms with Crippen LogP contribution in [0, 0.1) is 12.3 Å². The highest BCUT2D eigenvalue weighted by Gasteiger charge is 2.49. The molecule has 1 saturated heterocycles. The predicted molar refractivity (Wildman–Crippen MR) is 142 cm³/mol. The minimum atomic E-state index is -3.81. The second-order valence-electron chi connectivity index (χ2n) is 9.55. The molecule has 38 heavy (non-hydrogen) atoms. The molecule has 2 aromatic carbocycles. The fourth-order valence-corrected chi connectivity index (χ4v) is 6.56. The molecular weight excluding hydrogens is 508 g/mol. The molecule has 1 aliphatic heterocycles. The number of hydrogen-bond acceptors (Lipinski definition) is 8. The van der Waals surface area contributed by atoms with Gasteiger partial charge in [-0.1, -0.05) is 30.9 Å². The van der Waals surface area contributed by atoms with Gasteiger partial charge in [0.25, 0.3) is 0 Å². The molecule has 200 valence electrons. The van der Waals surface area contributed by atoms with E-state index in [-0.39, 0.29) is 36.8 Å². The molecule has 2 heterocycles. The van der Waals surface area contributed by atoms with Crippen LogP contribution in [0.25, 0.3) is 10.9 Å². The Kier molecular flexibility index (Phi) is 8.13. The Bertz CT molecular complexity index is 1450. The van der Waals surface area contributed by atoms with Gasteiger partial charge in [0.2, 0.25) is 0 Å². The zero-order valence-corrected chi connectivity index (χ0v) is 21.9. The number of nitrogens with zero attached hydrogens (tertiary/aromatic N) is 2. The van der Waals surface area contributed by atoms with Crippen LogP contribution in [0.3, 0.4) is 0 Å². The van der Waals surface area contributed by atoms with Crippen LogP contribution >= 0.6 is 0 Å². The Labute approximate surface area is 221 Å². The highest BCUT2D eigenvalue weighted by Crippen LogP contribution is 2.38. The monoisotopic (exact) mass is 538 g/mol. The van der Waals surface area contributed by atoms with Crippen molar-refractivity contribution >= 4 is 32.6 Å². The Balaban J connectivity index is 1.45. The molecule has 4 rings (SSSR count). The van der Waals surface area contributed by atoms with Gasteiger partial charge in [0.15, 0.2) is 15.6 Å².